The number of nitrogens with zero attached hydrogens (tertiary/aromatic N) is 2. The highest BCUT2D eigenvalue weighted by Crippen LogP contribution is 2.15. The number of β-amino-alcohol motifs (C(OH)–C–C–N with tert-alkyl or cyclic N) is 1. The van der Waals surface area contributed by atoms with Crippen LogP contribution >= 0.6 is 0 Å². The molecule has 3 rings (SSSR count). The molecule has 1 atom stereocenters. The Bertz CT molecular complexity index is 519. The molecule has 0 spiro atoms. The Hall–Kier alpha value is -1.62. The van der Waals surface area contributed by atoms with Crippen LogP contribution < -0.4 is 0 Å². The highest BCUT2D eigenvalue weighted by atomic mass is 16.3. The molecule has 0 radical (unpaired) electrons. The van der Waals surface area contributed by atoms with Crippen LogP contribution in [0.3, 0.4) is 0 Å². The molecule has 4 nitrogen and oxygen atoms in total. The van der Waals surface area contributed by atoms with Gasteiger partial charge in [-0.3, -0.25) is 9.80 Å². The minimum Gasteiger partial charge on any atom is -0.468 e. The number of aliphatic hydroxyl groups is 1. The van der Waals surface area contributed by atoms with Gasteiger partial charge in [-0.2, -0.15) is 0 Å². The molecule has 0 bridgehead atoms. The zero-order chi connectivity index (χ0) is 14.5. The van der Waals surface area contributed by atoms with Gasteiger partial charge in [-0.15, -0.1) is 0 Å². The highest BCUT2D eigenvalue weighted by molar-refractivity contribution is 5.17. The first-order valence-corrected chi connectivity index (χ1v) is 7.51. The third-order valence-electron chi connectivity index (χ3n) is 4.04. The van der Waals surface area contributed by atoms with Gasteiger partial charge >= 0.3 is 0 Å². The molecule has 1 saturated heterocycles. The number of hydrogen-bond donors (Lipinski definition) is 1. The minimum absolute atomic E-state index is 0.400. The van der Waals surface area contributed by atoms with Crippen molar-refractivity contribution >= 4 is 0 Å². The van der Waals surface area contributed by atoms with Crippen LogP contribution in [0.1, 0.15) is 17.4 Å². The van der Waals surface area contributed by atoms with E-state index >= 15 is 0 Å². The molecule has 1 fully saturated rings. The Kier molecular flexibility index (Phi) is 4.70. The maximum Gasteiger partial charge on any atom is 0.117 e. The smallest absolute Gasteiger partial charge is 0.117 e. The van der Waals surface area contributed by atoms with E-state index in [2.05, 4.69) is 9.80 Å². The van der Waals surface area contributed by atoms with Crippen LogP contribution in [0, 0.1) is 0 Å². The van der Waals surface area contributed by atoms with E-state index in [1.165, 1.54) is 0 Å². The van der Waals surface area contributed by atoms with Crippen molar-refractivity contribution in [3.8, 4) is 0 Å². The molecule has 21 heavy (non-hydrogen) atoms. The van der Waals surface area contributed by atoms with Gasteiger partial charge in [-0.1, -0.05) is 30.3 Å². The number of furan rings is 1. The number of aliphatic hydroxyl groups excluding tert-OH is 1. The fourth-order valence-corrected chi connectivity index (χ4v) is 2.78. The van der Waals surface area contributed by atoms with E-state index in [0.717, 1.165) is 44.0 Å². The molecule has 2 aromatic rings. The van der Waals surface area contributed by atoms with Crippen molar-refractivity contribution in [1.82, 2.24) is 9.80 Å². The summed E-state index contributed by atoms with van der Waals surface area (Å²) >= 11 is 0. The Morgan fingerprint density at radius 1 is 0.952 bits per heavy atom. The van der Waals surface area contributed by atoms with Crippen molar-refractivity contribution in [2.45, 2.75) is 12.6 Å². The molecule has 0 amide bonds. The van der Waals surface area contributed by atoms with Crippen molar-refractivity contribution in [3.05, 3.63) is 60.1 Å². The van der Waals surface area contributed by atoms with Crippen molar-refractivity contribution in [2.75, 3.05) is 32.7 Å². The molecule has 0 saturated carbocycles. The van der Waals surface area contributed by atoms with Crippen LogP contribution in [0.2, 0.25) is 0 Å². The molecule has 1 aromatic heterocycles. The Morgan fingerprint density at radius 2 is 1.67 bits per heavy atom. The third-order valence-corrected chi connectivity index (χ3v) is 4.04. The average molecular weight is 286 g/mol. The summed E-state index contributed by atoms with van der Waals surface area (Å²) in [6, 6.07) is 13.8. The molecule has 1 N–H and O–H groups in total. The Morgan fingerprint density at radius 3 is 2.33 bits per heavy atom. The van der Waals surface area contributed by atoms with Crippen molar-refractivity contribution in [3.63, 3.8) is 0 Å². The first-order valence-electron chi connectivity index (χ1n) is 7.51. The predicted octanol–water partition coefficient (Wildman–Crippen LogP) is 2.13. The second-order valence-electron chi connectivity index (χ2n) is 5.58. The lowest BCUT2D eigenvalue weighted by Crippen LogP contribution is -2.47. The van der Waals surface area contributed by atoms with E-state index < -0.39 is 6.10 Å². The van der Waals surface area contributed by atoms with Crippen LogP contribution in [-0.2, 0) is 6.54 Å². The maximum atomic E-state index is 10.3. The largest absolute Gasteiger partial charge is 0.468 e. The predicted molar refractivity (Wildman–Crippen MR) is 81.8 cm³/mol. The molecule has 4 heteroatoms. The van der Waals surface area contributed by atoms with Gasteiger partial charge in [0.05, 0.1) is 18.9 Å². The first kappa shape index (κ1) is 14.3. The summed E-state index contributed by atoms with van der Waals surface area (Å²) in [5.41, 5.74) is 0.996. The van der Waals surface area contributed by atoms with Crippen LogP contribution in [0.4, 0.5) is 0 Å². The standard InChI is InChI=1S/C17H22N2O2/c20-17(15-5-2-1-3-6-15)14-19-10-8-18(9-11-19)13-16-7-4-12-21-16/h1-7,12,17,20H,8-11,13-14H2. The maximum absolute atomic E-state index is 10.3. The topological polar surface area (TPSA) is 39.9 Å². The van der Waals surface area contributed by atoms with E-state index in [-0.39, 0.29) is 0 Å². The van der Waals surface area contributed by atoms with Gasteiger partial charge in [0.2, 0.25) is 0 Å². The summed E-state index contributed by atoms with van der Waals surface area (Å²) < 4.78 is 5.39. The monoisotopic (exact) mass is 286 g/mol. The van der Waals surface area contributed by atoms with Crippen molar-refractivity contribution in [2.24, 2.45) is 0 Å². The normalized spacial score (nSPS) is 18.7. The van der Waals surface area contributed by atoms with Gasteiger partial charge in [-0.05, 0) is 17.7 Å². The van der Waals surface area contributed by atoms with Gasteiger partial charge in [0, 0.05) is 32.7 Å². The number of hydrogen-bond acceptors (Lipinski definition) is 4. The van der Waals surface area contributed by atoms with Gasteiger partial charge in [0.25, 0.3) is 0 Å². The minimum atomic E-state index is -0.400. The number of benzene rings is 1. The molecule has 1 aliphatic rings. The zero-order valence-corrected chi connectivity index (χ0v) is 12.2. The highest BCUT2D eigenvalue weighted by Gasteiger charge is 2.20. The SMILES string of the molecule is OC(CN1CCN(Cc2ccco2)CC1)c1ccccc1. The molecule has 1 aromatic carbocycles. The van der Waals surface area contributed by atoms with Crippen LogP contribution in [0.5, 0.6) is 0 Å². The molecule has 112 valence electrons. The second-order valence-corrected chi connectivity index (χ2v) is 5.58. The van der Waals surface area contributed by atoms with E-state index in [9.17, 15) is 5.11 Å². The lowest BCUT2D eigenvalue weighted by molar-refractivity contribution is 0.0678. The summed E-state index contributed by atoms with van der Waals surface area (Å²) in [4.78, 5) is 4.72. The second kappa shape index (κ2) is 6.89. The summed E-state index contributed by atoms with van der Waals surface area (Å²) in [6.07, 6.45) is 1.32. The van der Waals surface area contributed by atoms with Gasteiger partial charge in [-0.25, -0.2) is 0 Å². The molecular formula is C17H22N2O2. The quantitative estimate of drug-likeness (QED) is 0.914. The van der Waals surface area contributed by atoms with Gasteiger partial charge < -0.3 is 9.52 Å². The van der Waals surface area contributed by atoms with E-state index in [1.54, 1.807) is 6.26 Å². The Labute approximate surface area is 125 Å². The van der Waals surface area contributed by atoms with E-state index in [4.69, 9.17) is 4.42 Å². The van der Waals surface area contributed by atoms with E-state index in [1.807, 2.05) is 42.5 Å². The summed E-state index contributed by atoms with van der Waals surface area (Å²) in [5.74, 6) is 1.02. The molecule has 0 aliphatic carbocycles. The number of piperazine rings is 1. The van der Waals surface area contributed by atoms with E-state index in [0.29, 0.717) is 6.54 Å². The fourth-order valence-electron chi connectivity index (χ4n) is 2.78. The molecule has 2 heterocycles. The van der Waals surface area contributed by atoms with Gasteiger partial charge in [0.1, 0.15) is 5.76 Å². The summed E-state index contributed by atoms with van der Waals surface area (Å²) in [5, 5.41) is 10.3. The zero-order valence-electron chi connectivity index (χ0n) is 12.2. The molecule has 1 aliphatic heterocycles. The molecular weight excluding hydrogens is 264 g/mol. The van der Waals surface area contributed by atoms with Crippen LogP contribution in [0.25, 0.3) is 0 Å². The first-order chi connectivity index (χ1) is 10.3. The summed E-state index contributed by atoms with van der Waals surface area (Å²) in [6.45, 7) is 5.60. The van der Waals surface area contributed by atoms with Crippen LogP contribution in [-0.4, -0.2) is 47.6 Å². The van der Waals surface area contributed by atoms with Crippen LogP contribution in [0.15, 0.2) is 53.1 Å². The lowest BCUT2D eigenvalue weighted by Gasteiger charge is -2.35. The molecule has 1 unspecified atom stereocenters. The third kappa shape index (κ3) is 3.94. The average Bonchev–Trinajstić information content (AvgIpc) is 3.03. The van der Waals surface area contributed by atoms with Crippen molar-refractivity contribution < 1.29 is 9.52 Å². The van der Waals surface area contributed by atoms with Crippen molar-refractivity contribution in [1.29, 1.82) is 0 Å². The lowest BCUT2D eigenvalue weighted by atomic mass is 10.1. The summed E-state index contributed by atoms with van der Waals surface area (Å²) in [7, 11) is 0. The fraction of sp³-hybridized carbons (Fsp3) is 0.412. The van der Waals surface area contributed by atoms with Gasteiger partial charge in [0.15, 0.2) is 0 Å². The Balaban J connectivity index is 1.45. The number of rotatable bonds is 5.